The van der Waals surface area contributed by atoms with Crippen LogP contribution in [0, 0.1) is 6.92 Å². The van der Waals surface area contributed by atoms with Crippen LogP contribution in [0.1, 0.15) is 31.2 Å². The minimum Gasteiger partial charge on any atom is -0.351 e. The number of nitrogens with one attached hydrogen (secondary N) is 4. The summed E-state index contributed by atoms with van der Waals surface area (Å²) >= 11 is 0. The largest absolute Gasteiger partial charge is 0.433 e. The standard InChI is InChI=1S/C20H23F3N8O2/c1-9-15-16(31(3)10(2)17(32)29-15)30-18(25-9)26-12-6-13(7-12)28-19(33)27-11-4-5-14(24-8-11)20(21,22)23/h4-5,8,10,12-13H,6-7H2,1-3H3,(H,29,32)(H,25,26,30)(H2,27,28,33)/t10-,12-,13+/m0/s1. The van der Waals surface area contributed by atoms with Crippen molar-refractivity contribution in [3.63, 3.8) is 0 Å². The second-order valence-electron chi connectivity index (χ2n) is 8.15. The number of fused-ring (bicyclic) bond motifs is 1. The Morgan fingerprint density at radius 1 is 1.21 bits per heavy atom. The maximum atomic E-state index is 12.6. The first-order valence-corrected chi connectivity index (χ1v) is 10.3. The third-order valence-corrected chi connectivity index (χ3v) is 5.73. The molecule has 4 N–H and O–H groups in total. The molecule has 10 nitrogen and oxygen atoms in total. The van der Waals surface area contributed by atoms with Crippen molar-refractivity contribution in [2.75, 3.05) is 27.9 Å². The van der Waals surface area contributed by atoms with Gasteiger partial charge in [0.05, 0.1) is 17.6 Å². The van der Waals surface area contributed by atoms with E-state index < -0.39 is 17.9 Å². The third-order valence-electron chi connectivity index (χ3n) is 5.73. The summed E-state index contributed by atoms with van der Waals surface area (Å²) in [7, 11) is 1.80. The number of halogens is 3. The second-order valence-corrected chi connectivity index (χ2v) is 8.15. The molecule has 2 aromatic rings. The molecule has 1 aliphatic carbocycles. The van der Waals surface area contributed by atoms with Gasteiger partial charge in [-0.3, -0.25) is 4.79 Å². The molecule has 1 fully saturated rings. The quantitative estimate of drug-likeness (QED) is 0.549. The molecule has 3 amide bonds. The van der Waals surface area contributed by atoms with Gasteiger partial charge in [0.1, 0.15) is 17.4 Å². The van der Waals surface area contributed by atoms with Crippen molar-refractivity contribution < 1.29 is 22.8 Å². The van der Waals surface area contributed by atoms with E-state index >= 15 is 0 Å². The number of carbonyl (C=O) groups excluding carboxylic acids is 2. The van der Waals surface area contributed by atoms with E-state index in [4.69, 9.17) is 0 Å². The van der Waals surface area contributed by atoms with Gasteiger partial charge in [-0.15, -0.1) is 0 Å². The predicted molar refractivity (Wildman–Crippen MR) is 115 cm³/mol. The van der Waals surface area contributed by atoms with Crippen molar-refractivity contribution in [2.24, 2.45) is 0 Å². The topological polar surface area (TPSA) is 124 Å². The summed E-state index contributed by atoms with van der Waals surface area (Å²) in [6, 6.07) is 1.02. The number of aryl methyl sites for hydroxylation is 1. The van der Waals surface area contributed by atoms with Crippen LogP contribution >= 0.6 is 0 Å². The van der Waals surface area contributed by atoms with Crippen molar-refractivity contribution in [3.8, 4) is 0 Å². The molecular formula is C20H23F3N8O2. The Labute approximate surface area is 187 Å². The van der Waals surface area contributed by atoms with E-state index in [0.717, 1.165) is 18.3 Å². The van der Waals surface area contributed by atoms with Gasteiger partial charge in [-0.1, -0.05) is 0 Å². The summed E-state index contributed by atoms with van der Waals surface area (Å²) in [4.78, 5) is 38.2. The van der Waals surface area contributed by atoms with Crippen LogP contribution in [0.5, 0.6) is 0 Å². The van der Waals surface area contributed by atoms with Gasteiger partial charge < -0.3 is 26.2 Å². The summed E-state index contributed by atoms with van der Waals surface area (Å²) in [6.07, 6.45) is -2.32. The van der Waals surface area contributed by atoms with Crippen molar-refractivity contribution in [2.45, 2.75) is 51.0 Å². The van der Waals surface area contributed by atoms with Gasteiger partial charge in [-0.25, -0.2) is 14.8 Å². The fourth-order valence-electron chi connectivity index (χ4n) is 3.64. The molecule has 13 heteroatoms. The molecule has 33 heavy (non-hydrogen) atoms. The van der Waals surface area contributed by atoms with Crippen LogP contribution in [0.15, 0.2) is 18.3 Å². The number of rotatable bonds is 4. The van der Waals surface area contributed by atoms with Crippen LogP contribution in [0.4, 0.5) is 41.1 Å². The highest BCUT2D eigenvalue weighted by atomic mass is 19.4. The summed E-state index contributed by atoms with van der Waals surface area (Å²) in [5.41, 5.74) is 0.378. The van der Waals surface area contributed by atoms with Crippen LogP contribution in [0.25, 0.3) is 0 Å². The van der Waals surface area contributed by atoms with E-state index in [0.29, 0.717) is 36.0 Å². The molecule has 2 aliphatic rings. The van der Waals surface area contributed by atoms with Crippen LogP contribution in [-0.4, -0.2) is 52.1 Å². The number of pyridine rings is 1. The minimum absolute atomic E-state index is 0.0430. The maximum Gasteiger partial charge on any atom is 0.433 e. The molecule has 3 heterocycles. The van der Waals surface area contributed by atoms with Gasteiger partial charge in [-0.05, 0) is 38.8 Å². The number of aromatic nitrogens is 3. The molecule has 0 aromatic carbocycles. The van der Waals surface area contributed by atoms with E-state index in [1.807, 2.05) is 0 Å². The average molecular weight is 464 g/mol. The number of alkyl halides is 3. The molecule has 1 saturated carbocycles. The van der Waals surface area contributed by atoms with E-state index in [9.17, 15) is 22.8 Å². The lowest BCUT2D eigenvalue weighted by atomic mass is 9.87. The SMILES string of the molecule is Cc1nc(N[C@H]2C[C@@H](NC(=O)Nc3ccc(C(F)(F)F)nc3)C2)nc2c1NC(=O)[C@H](C)N2C. The highest BCUT2D eigenvalue weighted by molar-refractivity contribution is 6.03. The van der Waals surface area contributed by atoms with E-state index in [-0.39, 0.29) is 29.7 Å². The number of hydrogen-bond acceptors (Lipinski definition) is 7. The lowest BCUT2D eigenvalue weighted by Gasteiger charge is -2.37. The van der Waals surface area contributed by atoms with Crippen molar-refractivity contribution in [3.05, 3.63) is 29.7 Å². The lowest BCUT2D eigenvalue weighted by Crippen LogP contribution is -2.51. The molecule has 0 spiro atoms. The van der Waals surface area contributed by atoms with Crippen LogP contribution < -0.4 is 26.2 Å². The van der Waals surface area contributed by atoms with Crippen LogP contribution in [-0.2, 0) is 11.0 Å². The van der Waals surface area contributed by atoms with Gasteiger partial charge in [0.2, 0.25) is 11.9 Å². The average Bonchev–Trinajstić information content (AvgIpc) is 2.71. The molecular weight excluding hydrogens is 441 g/mol. The number of urea groups is 1. The Hall–Kier alpha value is -3.64. The Morgan fingerprint density at radius 3 is 2.58 bits per heavy atom. The maximum absolute atomic E-state index is 12.6. The van der Waals surface area contributed by atoms with Crippen molar-refractivity contribution >= 4 is 35.1 Å². The molecule has 0 saturated heterocycles. The fraction of sp³-hybridized carbons (Fsp3) is 0.450. The molecule has 0 unspecified atom stereocenters. The normalized spacial score (nSPS) is 22.1. The number of anilines is 4. The number of likely N-dealkylation sites (N-methyl/N-ethyl adjacent to an activating group) is 1. The zero-order chi connectivity index (χ0) is 23.9. The third kappa shape index (κ3) is 4.76. The monoisotopic (exact) mass is 464 g/mol. The fourth-order valence-corrected chi connectivity index (χ4v) is 3.64. The number of nitrogens with zero attached hydrogens (tertiary/aromatic N) is 4. The lowest BCUT2D eigenvalue weighted by molar-refractivity contribution is -0.141. The predicted octanol–water partition coefficient (Wildman–Crippen LogP) is 2.74. The summed E-state index contributed by atoms with van der Waals surface area (Å²) in [5, 5.41) is 11.3. The van der Waals surface area contributed by atoms with Gasteiger partial charge in [0.15, 0.2) is 5.82 Å². The Morgan fingerprint density at radius 2 is 1.94 bits per heavy atom. The van der Waals surface area contributed by atoms with E-state index in [1.165, 1.54) is 0 Å². The highest BCUT2D eigenvalue weighted by Crippen LogP contribution is 2.33. The van der Waals surface area contributed by atoms with Crippen LogP contribution in [0.2, 0.25) is 0 Å². The smallest absolute Gasteiger partial charge is 0.351 e. The van der Waals surface area contributed by atoms with E-state index in [1.54, 1.807) is 25.8 Å². The Bertz CT molecular complexity index is 1070. The van der Waals surface area contributed by atoms with Gasteiger partial charge in [-0.2, -0.15) is 18.2 Å². The first-order chi connectivity index (χ1) is 15.5. The second kappa shape index (κ2) is 8.37. The first kappa shape index (κ1) is 22.6. The molecule has 1 atom stereocenters. The number of carbonyl (C=O) groups is 2. The van der Waals surface area contributed by atoms with Gasteiger partial charge >= 0.3 is 12.2 Å². The number of hydrogen-bond donors (Lipinski definition) is 4. The summed E-state index contributed by atoms with van der Waals surface area (Å²) < 4.78 is 37.7. The Kier molecular flexibility index (Phi) is 5.72. The van der Waals surface area contributed by atoms with Gasteiger partial charge in [0, 0.05) is 19.1 Å². The molecule has 4 rings (SSSR count). The zero-order valence-corrected chi connectivity index (χ0v) is 18.1. The molecule has 1 aliphatic heterocycles. The zero-order valence-electron chi connectivity index (χ0n) is 18.1. The molecule has 0 radical (unpaired) electrons. The summed E-state index contributed by atoms with van der Waals surface area (Å²) in [6.45, 7) is 3.58. The summed E-state index contributed by atoms with van der Waals surface area (Å²) in [5.74, 6) is 0.955. The molecule has 176 valence electrons. The first-order valence-electron chi connectivity index (χ1n) is 10.3. The Balaban J connectivity index is 1.28. The minimum atomic E-state index is -4.53. The van der Waals surface area contributed by atoms with Crippen molar-refractivity contribution in [1.29, 1.82) is 0 Å². The van der Waals surface area contributed by atoms with E-state index in [2.05, 4.69) is 36.2 Å². The van der Waals surface area contributed by atoms with Crippen LogP contribution in [0.3, 0.4) is 0 Å². The highest BCUT2D eigenvalue weighted by Gasteiger charge is 2.34. The molecule has 0 bridgehead atoms. The van der Waals surface area contributed by atoms with Gasteiger partial charge in [0.25, 0.3) is 0 Å². The number of amides is 3. The van der Waals surface area contributed by atoms with Crippen molar-refractivity contribution in [1.82, 2.24) is 20.3 Å². The molecule has 2 aromatic heterocycles.